The van der Waals surface area contributed by atoms with Gasteiger partial charge in [0.25, 0.3) is 0 Å². The first-order chi connectivity index (χ1) is 12.5. The average Bonchev–Trinajstić information content (AvgIpc) is 3.42. The fourth-order valence-electron chi connectivity index (χ4n) is 4.77. The predicted octanol–water partition coefficient (Wildman–Crippen LogP) is 1.60. The molecule has 0 radical (unpaired) electrons. The Morgan fingerprint density at radius 3 is 2.81 bits per heavy atom. The summed E-state index contributed by atoms with van der Waals surface area (Å²) in [7, 11) is 1.33. The van der Waals surface area contributed by atoms with Gasteiger partial charge >= 0.3 is 13.1 Å². The molecule has 1 saturated carbocycles. The van der Waals surface area contributed by atoms with Gasteiger partial charge in [-0.25, -0.2) is 4.79 Å². The minimum atomic E-state index is -0.975. The molecule has 4 fully saturated rings. The van der Waals surface area contributed by atoms with Gasteiger partial charge in [0.1, 0.15) is 11.3 Å². The lowest BCUT2D eigenvalue weighted by Crippen LogP contribution is -2.67. The van der Waals surface area contributed by atoms with Crippen molar-refractivity contribution in [3.63, 3.8) is 0 Å². The van der Waals surface area contributed by atoms with Gasteiger partial charge in [-0.1, -0.05) is 6.07 Å². The van der Waals surface area contributed by atoms with E-state index in [-0.39, 0.29) is 17.3 Å². The van der Waals surface area contributed by atoms with Gasteiger partial charge in [0.2, 0.25) is 0 Å². The number of hydrogen-bond donors (Lipinski definition) is 2. The SMILES string of the molecule is CN1C2CC1CN(CCSc1ccc3c(c1C(=O)O)OB(O)C1CC31)C2. The topological polar surface area (TPSA) is 73.2 Å². The highest BCUT2D eigenvalue weighted by Gasteiger charge is 2.54. The second-order valence-electron chi connectivity index (χ2n) is 7.99. The van der Waals surface area contributed by atoms with Crippen molar-refractivity contribution in [2.75, 3.05) is 32.4 Å². The molecule has 0 amide bonds. The maximum absolute atomic E-state index is 11.9. The molecule has 2 N–H and O–H groups in total. The Hall–Kier alpha value is -1.22. The summed E-state index contributed by atoms with van der Waals surface area (Å²) in [6.45, 7) is 3.19. The van der Waals surface area contributed by atoms with Crippen molar-refractivity contribution in [2.45, 2.75) is 41.6 Å². The third-order valence-electron chi connectivity index (χ3n) is 6.51. The number of aromatic carboxylic acids is 1. The summed E-state index contributed by atoms with van der Waals surface area (Å²) in [5.74, 6) is 0.650. The van der Waals surface area contributed by atoms with E-state index in [4.69, 9.17) is 4.65 Å². The molecule has 6 rings (SSSR count). The van der Waals surface area contributed by atoms with E-state index in [1.807, 2.05) is 12.1 Å². The maximum atomic E-state index is 11.9. The Morgan fingerprint density at radius 2 is 2.12 bits per heavy atom. The summed E-state index contributed by atoms with van der Waals surface area (Å²) < 4.78 is 5.59. The number of hydrogen-bond acceptors (Lipinski definition) is 6. The van der Waals surface area contributed by atoms with E-state index in [9.17, 15) is 14.9 Å². The number of benzene rings is 1. The van der Waals surface area contributed by atoms with Crippen LogP contribution in [0.15, 0.2) is 17.0 Å². The van der Waals surface area contributed by atoms with E-state index in [0.29, 0.717) is 17.8 Å². The Morgan fingerprint density at radius 1 is 1.35 bits per heavy atom. The summed E-state index contributed by atoms with van der Waals surface area (Å²) in [4.78, 5) is 17.6. The summed E-state index contributed by atoms with van der Waals surface area (Å²) in [6.07, 6.45) is 2.20. The second-order valence-corrected chi connectivity index (χ2v) is 9.13. The molecule has 4 unspecified atom stereocenters. The van der Waals surface area contributed by atoms with Gasteiger partial charge < -0.3 is 14.8 Å². The first-order valence-corrected chi connectivity index (χ1v) is 10.3. The molecule has 26 heavy (non-hydrogen) atoms. The molecule has 3 saturated heterocycles. The number of nitrogens with zero attached hydrogens (tertiary/aromatic N) is 2. The zero-order valence-electron chi connectivity index (χ0n) is 14.8. The zero-order valence-corrected chi connectivity index (χ0v) is 15.6. The van der Waals surface area contributed by atoms with Gasteiger partial charge in [0.15, 0.2) is 0 Å². The van der Waals surface area contributed by atoms with Gasteiger partial charge in [0.05, 0.1) is 0 Å². The minimum absolute atomic E-state index is 0.131. The molecule has 1 aliphatic carbocycles. The molecule has 1 aromatic rings. The molecule has 8 heteroatoms. The Kier molecular flexibility index (Phi) is 4.01. The molecule has 2 bridgehead atoms. The third-order valence-corrected chi connectivity index (χ3v) is 7.54. The van der Waals surface area contributed by atoms with Crippen LogP contribution in [0.4, 0.5) is 0 Å². The van der Waals surface area contributed by atoms with Crippen LogP contribution in [0, 0.1) is 0 Å². The van der Waals surface area contributed by atoms with Crippen molar-refractivity contribution in [1.82, 2.24) is 9.80 Å². The van der Waals surface area contributed by atoms with Crippen LogP contribution in [-0.2, 0) is 0 Å². The summed E-state index contributed by atoms with van der Waals surface area (Å²) >= 11 is 1.58. The van der Waals surface area contributed by atoms with E-state index >= 15 is 0 Å². The smallest absolute Gasteiger partial charge is 0.526 e. The Bertz CT molecular complexity index is 751. The van der Waals surface area contributed by atoms with Crippen LogP contribution in [0.2, 0.25) is 5.82 Å². The summed E-state index contributed by atoms with van der Waals surface area (Å²) in [5, 5.41) is 19.8. The van der Waals surface area contributed by atoms with E-state index in [0.717, 1.165) is 42.3 Å². The van der Waals surface area contributed by atoms with E-state index < -0.39 is 13.1 Å². The number of piperazine rings is 1. The molecule has 4 aliphatic heterocycles. The highest BCUT2D eigenvalue weighted by atomic mass is 32.2. The van der Waals surface area contributed by atoms with Crippen LogP contribution >= 0.6 is 11.8 Å². The number of fused-ring (bicyclic) bond motifs is 5. The van der Waals surface area contributed by atoms with E-state index in [1.54, 1.807) is 11.8 Å². The third kappa shape index (κ3) is 2.66. The molecule has 5 aliphatic rings. The maximum Gasteiger partial charge on any atom is 0.526 e. The molecule has 138 valence electrons. The van der Waals surface area contributed by atoms with Crippen molar-refractivity contribution in [3.8, 4) is 5.75 Å². The molecular formula is C18H23BN2O4S. The molecule has 6 nitrogen and oxygen atoms in total. The lowest BCUT2D eigenvalue weighted by atomic mass is 9.77. The van der Waals surface area contributed by atoms with Gasteiger partial charge in [-0.3, -0.25) is 9.80 Å². The fraction of sp³-hybridized carbons (Fsp3) is 0.611. The Labute approximate surface area is 157 Å². The number of carbonyl (C=O) groups is 1. The summed E-state index contributed by atoms with van der Waals surface area (Å²) in [5.41, 5.74) is 1.17. The van der Waals surface area contributed by atoms with Crippen LogP contribution in [0.25, 0.3) is 0 Å². The van der Waals surface area contributed by atoms with Crippen LogP contribution in [0.3, 0.4) is 0 Å². The van der Waals surface area contributed by atoms with Crippen LogP contribution < -0.4 is 4.65 Å². The van der Waals surface area contributed by atoms with Gasteiger partial charge in [0, 0.05) is 48.2 Å². The highest BCUT2D eigenvalue weighted by molar-refractivity contribution is 7.99. The van der Waals surface area contributed by atoms with Crippen molar-refractivity contribution in [2.24, 2.45) is 0 Å². The number of carboxylic acids is 1. The normalized spacial score (nSPS) is 32.3. The zero-order chi connectivity index (χ0) is 18.0. The molecular weight excluding hydrogens is 351 g/mol. The molecule has 0 spiro atoms. The van der Waals surface area contributed by atoms with E-state index in [1.165, 1.54) is 6.42 Å². The van der Waals surface area contributed by atoms with Crippen LogP contribution in [-0.4, -0.2) is 77.5 Å². The molecule has 1 aromatic carbocycles. The summed E-state index contributed by atoms with van der Waals surface area (Å²) in [6, 6.07) is 5.30. The standard InChI is InChI=1S/C18H23BN2O4S/c1-20-10-6-11(20)9-21(8-10)4-5-26-15-3-2-12-13-7-14(13)19(24)25-17(12)16(15)18(22)23/h2-3,10-11,13-14,24H,4-9H2,1H3,(H,22,23). The highest BCUT2D eigenvalue weighted by Crippen LogP contribution is 2.60. The van der Waals surface area contributed by atoms with Crippen LogP contribution in [0.1, 0.15) is 34.7 Å². The number of piperidine rings is 1. The van der Waals surface area contributed by atoms with Crippen molar-refractivity contribution in [1.29, 1.82) is 0 Å². The number of rotatable bonds is 5. The monoisotopic (exact) mass is 374 g/mol. The van der Waals surface area contributed by atoms with Gasteiger partial charge in [-0.2, -0.15) is 0 Å². The lowest BCUT2D eigenvalue weighted by molar-refractivity contribution is -0.0479. The largest absolute Gasteiger partial charge is 0.535 e. The quantitative estimate of drug-likeness (QED) is 0.599. The lowest BCUT2D eigenvalue weighted by Gasteiger charge is -2.55. The fourth-order valence-corrected chi connectivity index (χ4v) is 5.83. The van der Waals surface area contributed by atoms with Crippen molar-refractivity contribution < 1.29 is 19.6 Å². The van der Waals surface area contributed by atoms with Crippen LogP contribution in [0.5, 0.6) is 5.75 Å². The van der Waals surface area contributed by atoms with Gasteiger partial charge in [-0.05, 0) is 37.4 Å². The van der Waals surface area contributed by atoms with Crippen molar-refractivity contribution in [3.05, 3.63) is 23.3 Å². The Balaban J connectivity index is 1.29. The van der Waals surface area contributed by atoms with Gasteiger partial charge in [-0.15, -0.1) is 11.8 Å². The minimum Gasteiger partial charge on any atom is -0.535 e. The van der Waals surface area contributed by atoms with E-state index in [2.05, 4.69) is 16.8 Å². The average molecular weight is 374 g/mol. The molecule has 0 aromatic heterocycles. The van der Waals surface area contributed by atoms with Crippen molar-refractivity contribution >= 4 is 24.8 Å². The predicted molar refractivity (Wildman–Crippen MR) is 100 cm³/mol. The molecule has 4 atom stereocenters. The molecule has 4 heterocycles. The first-order valence-electron chi connectivity index (χ1n) is 9.35. The second kappa shape index (κ2) is 6.16. The number of likely N-dealkylation sites (N-methyl/N-ethyl adjacent to an activating group) is 1. The number of carboxylic acid groups (broad SMARTS) is 1. The first kappa shape index (κ1) is 16.9. The number of thioether (sulfide) groups is 1.